The molecule has 1 nitrogen and oxygen atoms in total. The average molecular weight is 216 g/mol. The summed E-state index contributed by atoms with van der Waals surface area (Å²) in [6, 6.07) is 8.34. The van der Waals surface area contributed by atoms with Crippen LogP contribution in [0.15, 0.2) is 29.6 Å². The monoisotopic (exact) mass is 216 g/mol. The normalized spacial score (nSPS) is 12.5. The van der Waals surface area contributed by atoms with Crippen LogP contribution in [0.4, 0.5) is 0 Å². The Morgan fingerprint density at radius 3 is 3.07 bits per heavy atom. The second kappa shape index (κ2) is 4.48. The number of ether oxygens (including phenoxy) is 1. The smallest absolute Gasteiger partial charge is 0.108 e. The van der Waals surface area contributed by atoms with Crippen molar-refractivity contribution in [3.8, 4) is 12.3 Å². The predicted molar refractivity (Wildman–Crippen MR) is 65.0 cm³/mol. The minimum absolute atomic E-state index is 0.0669. The summed E-state index contributed by atoms with van der Waals surface area (Å²) in [6.07, 6.45) is 5.24. The number of hydrogen-bond donors (Lipinski definition) is 0. The molecule has 0 radical (unpaired) electrons. The van der Waals surface area contributed by atoms with E-state index in [0.29, 0.717) is 6.61 Å². The quantitative estimate of drug-likeness (QED) is 0.712. The van der Waals surface area contributed by atoms with Gasteiger partial charge in [-0.15, -0.1) is 17.8 Å². The van der Waals surface area contributed by atoms with Gasteiger partial charge in [-0.05, 0) is 29.3 Å². The lowest BCUT2D eigenvalue weighted by Gasteiger charge is -2.09. The van der Waals surface area contributed by atoms with Crippen LogP contribution in [0.3, 0.4) is 0 Å². The topological polar surface area (TPSA) is 9.23 Å². The average Bonchev–Trinajstić information content (AvgIpc) is 2.69. The van der Waals surface area contributed by atoms with Gasteiger partial charge in [0.05, 0.1) is 6.10 Å². The number of rotatable bonds is 3. The van der Waals surface area contributed by atoms with Gasteiger partial charge in [-0.1, -0.05) is 24.1 Å². The van der Waals surface area contributed by atoms with Crippen LogP contribution in [0.25, 0.3) is 10.1 Å². The van der Waals surface area contributed by atoms with Gasteiger partial charge in [-0.3, -0.25) is 0 Å². The number of fused-ring (bicyclic) bond motifs is 1. The van der Waals surface area contributed by atoms with Gasteiger partial charge in [0, 0.05) is 4.70 Å². The third-order valence-corrected chi connectivity index (χ3v) is 3.35. The fourth-order valence-corrected chi connectivity index (χ4v) is 2.62. The fraction of sp³-hybridized carbons (Fsp3) is 0.231. The summed E-state index contributed by atoms with van der Waals surface area (Å²) in [5.74, 6) is 2.49. The fourth-order valence-electron chi connectivity index (χ4n) is 1.58. The van der Waals surface area contributed by atoms with E-state index in [2.05, 4.69) is 29.5 Å². The van der Waals surface area contributed by atoms with E-state index in [-0.39, 0.29) is 6.10 Å². The third kappa shape index (κ3) is 2.04. The highest BCUT2D eigenvalue weighted by atomic mass is 32.1. The van der Waals surface area contributed by atoms with Crippen LogP contribution in [-0.2, 0) is 4.74 Å². The Kier molecular flexibility index (Phi) is 3.05. The summed E-state index contributed by atoms with van der Waals surface area (Å²) in [5.41, 5.74) is 1.23. The Balaban J connectivity index is 2.32. The van der Waals surface area contributed by atoms with Gasteiger partial charge in [-0.25, -0.2) is 0 Å². The Bertz CT molecular complexity index is 492. The molecule has 1 aromatic carbocycles. The molecule has 0 bridgehead atoms. The van der Waals surface area contributed by atoms with Crippen LogP contribution in [0.5, 0.6) is 0 Å². The maximum absolute atomic E-state index is 5.51. The third-order valence-electron chi connectivity index (χ3n) is 2.37. The second-order valence-electron chi connectivity index (χ2n) is 3.34. The van der Waals surface area contributed by atoms with Gasteiger partial charge in [0.1, 0.15) is 6.61 Å². The number of thiophene rings is 1. The minimum Gasteiger partial charge on any atom is -0.361 e. The van der Waals surface area contributed by atoms with Crippen molar-refractivity contribution in [1.82, 2.24) is 0 Å². The van der Waals surface area contributed by atoms with Crippen molar-refractivity contribution in [3.05, 3.63) is 35.2 Å². The zero-order chi connectivity index (χ0) is 10.7. The van der Waals surface area contributed by atoms with E-state index < -0.39 is 0 Å². The predicted octanol–water partition coefficient (Wildman–Crippen LogP) is 3.61. The first-order valence-corrected chi connectivity index (χ1v) is 5.72. The maximum atomic E-state index is 5.51. The van der Waals surface area contributed by atoms with Gasteiger partial charge in [0.25, 0.3) is 0 Å². The highest BCUT2D eigenvalue weighted by Crippen LogP contribution is 2.31. The standard InChI is InChI=1S/C13H12OS/c1-3-8-14-10(2)12-9-15-13-7-5-4-6-11(12)13/h1,4-7,9-10H,8H2,2H3. The molecule has 0 aliphatic heterocycles. The SMILES string of the molecule is C#CCOC(C)c1csc2ccccc12. The minimum atomic E-state index is 0.0669. The van der Waals surface area contributed by atoms with E-state index in [4.69, 9.17) is 11.2 Å². The molecule has 2 rings (SSSR count). The molecule has 76 valence electrons. The summed E-state index contributed by atoms with van der Waals surface area (Å²) in [6.45, 7) is 2.40. The number of hydrogen-bond acceptors (Lipinski definition) is 2. The van der Waals surface area contributed by atoms with Crippen molar-refractivity contribution < 1.29 is 4.74 Å². The van der Waals surface area contributed by atoms with Crippen molar-refractivity contribution in [2.24, 2.45) is 0 Å². The lowest BCUT2D eigenvalue weighted by Crippen LogP contribution is -1.98. The van der Waals surface area contributed by atoms with Crippen molar-refractivity contribution in [2.75, 3.05) is 6.61 Å². The van der Waals surface area contributed by atoms with E-state index in [0.717, 1.165) is 0 Å². The van der Waals surface area contributed by atoms with E-state index in [1.54, 1.807) is 11.3 Å². The molecule has 0 N–H and O–H groups in total. The summed E-state index contributed by atoms with van der Waals surface area (Å²) in [7, 11) is 0. The van der Waals surface area contributed by atoms with Crippen LogP contribution in [0, 0.1) is 12.3 Å². The molecule has 1 atom stereocenters. The number of terminal acetylenes is 1. The van der Waals surface area contributed by atoms with Crippen molar-refractivity contribution >= 4 is 21.4 Å². The van der Waals surface area contributed by atoms with Crippen LogP contribution >= 0.6 is 11.3 Å². The largest absolute Gasteiger partial charge is 0.361 e. The van der Waals surface area contributed by atoms with Crippen molar-refractivity contribution in [2.45, 2.75) is 13.0 Å². The molecule has 1 unspecified atom stereocenters. The van der Waals surface area contributed by atoms with E-state index in [1.165, 1.54) is 15.6 Å². The first-order valence-electron chi connectivity index (χ1n) is 4.84. The molecule has 15 heavy (non-hydrogen) atoms. The Hall–Kier alpha value is -1.30. The molecule has 0 spiro atoms. The van der Waals surface area contributed by atoms with E-state index in [1.807, 2.05) is 13.0 Å². The summed E-state index contributed by atoms with van der Waals surface area (Å²) in [5, 5.41) is 3.42. The molecular formula is C13H12OS. The second-order valence-corrected chi connectivity index (χ2v) is 4.26. The van der Waals surface area contributed by atoms with Crippen molar-refractivity contribution in [3.63, 3.8) is 0 Å². The molecule has 1 heterocycles. The van der Waals surface area contributed by atoms with Gasteiger partial charge in [0.15, 0.2) is 0 Å². The first-order chi connectivity index (χ1) is 7.33. The molecule has 2 aromatic rings. The first kappa shape index (κ1) is 10.2. The highest BCUT2D eigenvalue weighted by Gasteiger charge is 2.10. The van der Waals surface area contributed by atoms with E-state index in [9.17, 15) is 0 Å². The maximum Gasteiger partial charge on any atom is 0.108 e. The lowest BCUT2D eigenvalue weighted by molar-refractivity contribution is 0.0940. The molecule has 2 heteroatoms. The lowest BCUT2D eigenvalue weighted by atomic mass is 10.1. The van der Waals surface area contributed by atoms with Crippen LogP contribution in [0.1, 0.15) is 18.6 Å². The van der Waals surface area contributed by atoms with Gasteiger partial charge in [0.2, 0.25) is 0 Å². The molecule has 0 aliphatic carbocycles. The van der Waals surface area contributed by atoms with Crippen LogP contribution in [0.2, 0.25) is 0 Å². The Labute approximate surface area is 93.7 Å². The Morgan fingerprint density at radius 2 is 2.27 bits per heavy atom. The van der Waals surface area contributed by atoms with Gasteiger partial charge < -0.3 is 4.74 Å². The zero-order valence-electron chi connectivity index (χ0n) is 8.57. The van der Waals surface area contributed by atoms with E-state index >= 15 is 0 Å². The molecule has 0 saturated carbocycles. The van der Waals surface area contributed by atoms with Crippen molar-refractivity contribution in [1.29, 1.82) is 0 Å². The molecule has 0 saturated heterocycles. The Morgan fingerprint density at radius 1 is 1.47 bits per heavy atom. The number of benzene rings is 1. The highest BCUT2D eigenvalue weighted by molar-refractivity contribution is 7.17. The van der Waals surface area contributed by atoms with Crippen LogP contribution < -0.4 is 0 Å². The summed E-state index contributed by atoms with van der Waals surface area (Å²) in [4.78, 5) is 0. The van der Waals surface area contributed by atoms with Crippen LogP contribution in [-0.4, -0.2) is 6.61 Å². The van der Waals surface area contributed by atoms with Gasteiger partial charge >= 0.3 is 0 Å². The van der Waals surface area contributed by atoms with Gasteiger partial charge in [-0.2, -0.15) is 0 Å². The summed E-state index contributed by atoms with van der Waals surface area (Å²) >= 11 is 1.74. The summed E-state index contributed by atoms with van der Waals surface area (Å²) < 4.78 is 6.81. The molecule has 0 aliphatic rings. The molecule has 0 fully saturated rings. The molecule has 1 aromatic heterocycles. The molecule has 0 amide bonds. The molecular weight excluding hydrogens is 204 g/mol. The zero-order valence-corrected chi connectivity index (χ0v) is 9.38.